The SMILES string of the molecule is CN[C@@H](Cc1ccc(OC)cc1)C(=O)NC(=O)[C@H](C)COCCC(C(=O)OCc1ccccc1)C(=O)OCc1ccccc1. The Morgan fingerprint density at radius 3 is 1.77 bits per heavy atom. The van der Waals surface area contributed by atoms with Crippen molar-refractivity contribution in [3.63, 3.8) is 0 Å². The zero-order valence-electron chi connectivity index (χ0n) is 25.3. The molecule has 0 aliphatic rings. The molecule has 10 heteroatoms. The normalized spacial score (nSPS) is 12.2. The number of methoxy groups -OCH3 is 1. The zero-order valence-corrected chi connectivity index (χ0v) is 25.3. The zero-order chi connectivity index (χ0) is 31.7. The van der Waals surface area contributed by atoms with Crippen molar-refractivity contribution >= 4 is 23.8 Å². The number of carbonyl (C=O) groups is 4. The van der Waals surface area contributed by atoms with Gasteiger partial charge in [-0.15, -0.1) is 0 Å². The van der Waals surface area contributed by atoms with Crippen LogP contribution in [0.5, 0.6) is 5.75 Å². The van der Waals surface area contributed by atoms with Crippen molar-refractivity contribution in [2.24, 2.45) is 11.8 Å². The van der Waals surface area contributed by atoms with Gasteiger partial charge in [0.1, 0.15) is 19.0 Å². The van der Waals surface area contributed by atoms with Gasteiger partial charge in [0.2, 0.25) is 11.8 Å². The Morgan fingerprint density at radius 2 is 1.27 bits per heavy atom. The summed E-state index contributed by atoms with van der Waals surface area (Å²) in [6, 6.07) is 25.0. The highest BCUT2D eigenvalue weighted by molar-refractivity contribution is 5.98. The fraction of sp³-hybridized carbons (Fsp3) is 0.353. The van der Waals surface area contributed by atoms with E-state index in [-0.39, 0.29) is 32.8 Å². The summed E-state index contributed by atoms with van der Waals surface area (Å²) < 4.78 is 21.6. The lowest BCUT2D eigenvalue weighted by Gasteiger charge is -2.18. The van der Waals surface area contributed by atoms with E-state index in [0.29, 0.717) is 12.2 Å². The molecular weight excluding hydrogens is 564 g/mol. The molecule has 0 unspecified atom stereocenters. The minimum Gasteiger partial charge on any atom is -0.497 e. The summed E-state index contributed by atoms with van der Waals surface area (Å²) in [4.78, 5) is 51.2. The molecule has 2 atom stereocenters. The van der Waals surface area contributed by atoms with E-state index in [9.17, 15) is 19.2 Å². The smallest absolute Gasteiger partial charge is 0.320 e. The van der Waals surface area contributed by atoms with Gasteiger partial charge in [0.05, 0.1) is 25.7 Å². The first-order valence-electron chi connectivity index (χ1n) is 14.4. The van der Waals surface area contributed by atoms with Crippen molar-refractivity contribution in [3.8, 4) is 5.75 Å². The number of esters is 2. The molecule has 0 aliphatic carbocycles. The highest BCUT2D eigenvalue weighted by atomic mass is 16.6. The van der Waals surface area contributed by atoms with Crippen LogP contribution in [0.1, 0.15) is 30.0 Å². The molecule has 10 nitrogen and oxygen atoms in total. The summed E-state index contributed by atoms with van der Waals surface area (Å²) in [7, 11) is 3.23. The Bertz CT molecular complexity index is 1280. The number of benzene rings is 3. The number of ether oxygens (including phenoxy) is 4. The third kappa shape index (κ3) is 11.3. The van der Waals surface area contributed by atoms with Gasteiger partial charge in [-0.2, -0.15) is 0 Å². The lowest BCUT2D eigenvalue weighted by Crippen LogP contribution is -2.48. The molecule has 0 fully saturated rings. The molecule has 234 valence electrons. The van der Waals surface area contributed by atoms with Crippen molar-refractivity contribution < 1.29 is 38.1 Å². The minimum atomic E-state index is -1.21. The van der Waals surface area contributed by atoms with Crippen molar-refractivity contribution in [2.75, 3.05) is 27.4 Å². The van der Waals surface area contributed by atoms with Crippen LogP contribution in [0, 0.1) is 11.8 Å². The van der Waals surface area contributed by atoms with Crippen LogP contribution in [0.4, 0.5) is 0 Å². The molecule has 3 aromatic rings. The third-order valence-electron chi connectivity index (χ3n) is 6.89. The summed E-state index contributed by atoms with van der Waals surface area (Å²) in [5.74, 6) is -3.55. The van der Waals surface area contributed by atoms with Crippen LogP contribution in [-0.2, 0) is 53.0 Å². The molecule has 0 aliphatic heterocycles. The fourth-order valence-corrected chi connectivity index (χ4v) is 4.18. The van der Waals surface area contributed by atoms with Crippen molar-refractivity contribution in [1.82, 2.24) is 10.6 Å². The first-order valence-corrected chi connectivity index (χ1v) is 14.4. The van der Waals surface area contributed by atoms with Gasteiger partial charge < -0.3 is 24.3 Å². The van der Waals surface area contributed by atoms with Crippen LogP contribution in [0.25, 0.3) is 0 Å². The number of carbonyl (C=O) groups excluding carboxylic acids is 4. The van der Waals surface area contributed by atoms with E-state index < -0.39 is 41.6 Å². The molecule has 0 heterocycles. The number of rotatable bonds is 17. The maximum absolute atomic E-state index is 12.9. The van der Waals surface area contributed by atoms with E-state index in [1.807, 2.05) is 72.8 Å². The van der Waals surface area contributed by atoms with Crippen molar-refractivity contribution in [3.05, 3.63) is 102 Å². The second-order valence-corrected chi connectivity index (χ2v) is 10.3. The van der Waals surface area contributed by atoms with E-state index in [2.05, 4.69) is 10.6 Å². The minimum absolute atomic E-state index is 0.00178. The Morgan fingerprint density at radius 1 is 0.727 bits per heavy atom. The lowest BCUT2D eigenvalue weighted by atomic mass is 10.0. The monoisotopic (exact) mass is 604 g/mol. The number of likely N-dealkylation sites (N-methyl/N-ethyl adjacent to an activating group) is 1. The van der Waals surface area contributed by atoms with Gasteiger partial charge in [-0.1, -0.05) is 79.7 Å². The largest absolute Gasteiger partial charge is 0.497 e. The number of imide groups is 1. The van der Waals surface area contributed by atoms with Crippen LogP contribution in [0.2, 0.25) is 0 Å². The van der Waals surface area contributed by atoms with E-state index in [4.69, 9.17) is 18.9 Å². The highest BCUT2D eigenvalue weighted by Gasteiger charge is 2.30. The predicted molar refractivity (Wildman–Crippen MR) is 163 cm³/mol. The number of hydrogen-bond acceptors (Lipinski definition) is 9. The fourth-order valence-electron chi connectivity index (χ4n) is 4.18. The molecule has 44 heavy (non-hydrogen) atoms. The Labute approximate surface area is 258 Å². The number of amides is 2. The molecule has 2 N–H and O–H groups in total. The van der Waals surface area contributed by atoms with E-state index in [0.717, 1.165) is 16.7 Å². The first kappa shape index (κ1) is 34.0. The molecule has 0 radical (unpaired) electrons. The molecule has 3 aromatic carbocycles. The van der Waals surface area contributed by atoms with Gasteiger partial charge in [0, 0.05) is 6.61 Å². The Kier molecular flexibility index (Phi) is 14.0. The van der Waals surface area contributed by atoms with Crippen molar-refractivity contribution in [1.29, 1.82) is 0 Å². The molecule has 0 saturated heterocycles. The predicted octanol–water partition coefficient (Wildman–Crippen LogP) is 3.61. The molecular formula is C34H40N2O8. The highest BCUT2D eigenvalue weighted by Crippen LogP contribution is 2.15. The van der Waals surface area contributed by atoms with E-state index in [1.54, 1.807) is 33.2 Å². The molecule has 0 bridgehead atoms. The lowest BCUT2D eigenvalue weighted by molar-refractivity contribution is -0.165. The summed E-state index contributed by atoms with van der Waals surface area (Å²) in [5, 5.41) is 5.37. The maximum atomic E-state index is 12.9. The number of nitrogens with one attached hydrogen (secondary N) is 2. The van der Waals surface area contributed by atoms with E-state index >= 15 is 0 Å². The van der Waals surface area contributed by atoms with Crippen molar-refractivity contribution in [2.45, 2.75) is 39.0 Å². The second kappa shape index (κ2) is 18.2. The van der Waals surface area contributed by atoms with Crippen LogP contribution in [0.15, 0.2) is 84.9 Å². The van der Waals surface area contributed by atoms with Gasteiger partial charge >= 0.3 is 11.9 Å². The average Bonchev–Trinajstić information content (AvgIpc) is 3.06. The molecule has 0 saturated carbocycles. The Hall–Kier alpha value is -4.54. The molecule has 0 spiro atoms. The molecule has 0 aromatic heterocycles. The van der Waals surface area contributed by atoms with Crippen LogP contribution < -0.4 is 15.4 Å². The van der Waals surface area contributed by atoms with Gasteiger partial charge in [-0.3, -0.25) is 24.5 Å². The maximum Gasteiger partial charge on any atom is 0.320 e. The molecule has 3 rings (SSSR count). The average molecular weight is 605 g/mol. The van der Waals surface area contributed by atoms with Crippen LogP contribution in [-0.4, -0.2) is 57.2 Å². The second-order valence-electron chi connectivity index (χ2n) is 10.3. The van der Waals surface area contributed by atoms with Gasteiger partial charge in [-0.05, 0) is 48.7 Å². The van der Waals surface area contributed by atoms with Gasteiger partial charge in [0.25, 0.3) is 0 Å². The van der Waals surface area contributed by atoms with Gasteiger partial charge in [-0.25, -0.2) is 0 Å². The van der Waals surface area contributed by atoms with Crippen LogP contribution >= 0.6 is 0 Å². The summed E-state index contributed by atoms with van der Waals surface area (Å²) in [5.41, 5.74) is 2.48. The topological polar surface area (TPSA) is 129 Å². The third-order valence-corrected chi connectivity index (χ3v) is 6.89. The summed E-state index contributed by atoms with van der Waals surface area (Å²) in [6.07, 6.45) is 0.380. The molecule has 2 amide bonds. The van der Waals surface area contributed by atoms with Crippen LogP contribution in [0.3, 0.4) is 0 Å². The Balaban J connectivity index is 1.48. The summed E-state index contributed by atoms with van der Waals surface area (Å²) >= 11 is 0. The number of hydrogen-bond donors (Lipinski definition) is 2. The first-order chi connectivity index (χ1) is 21.3. The standard InChI is InChI=1S/C34H40N2O8/c1-24(31(37)36-32(38)30(35-2)20-25-14-16-28(41-3)17-15-25)21-42-19-18-29(33(39)43-22-26-10-6-4-7-11-26)34(40)44-23-27-12-8-5-9-13-27/h4-17,24,29-30,35H,18-23H2,1-3H3,(H,36,37,38)/t24-,30+/m1/s1. The summed E-state index contributed by atoms with van der Waals surface area (Å²) in [6.45, 7) is 1.63. The van der Waals surface area contributed by atoms with E-state index in [1.165, 1.54) is 0 Å². The quantitative estimate of drug-likeness (QED) is 0.135. The van der Waals surface area contributed by atoms with Gasteiger partial charge in [0.15, 0.2) is 5.92 Å².